The lowest BCUT2D eigenvalue weighted by Crippen LogP contribution is -2.41. The number of halogens is 1. The van der Waals surface area contributed by atoms with Crippen molar-refractivity contribution in [3.63, 3.8) is 0 Å². The van der Waals surface area contributed by atoms with E-state index in [2.05, 4.69) is 15.9 Å². The van der Waals surface area contributed by atoms with Crippen LogP contribution in [-0.2, 0) is 18.8 Å². The second kappa shape index (κ2) is 6.45. The van der Waals surface area contributed by atoms with Gasteiger partial charge >= 0.3 is 13.1 Å². The molecule has 0 saturated carbocycles. The van der Waals surface area contributed by atoms with Crippen LogP contribution in [-0.4, -0.2) is 36.5 Å². The zero-order valence-electron chi connectivity index (χ0n) is 14.1. The van der Waals surface area contributed by atoms with Crippen LogP contribution in [0.3, 0.4) is 0 Å². The van der Waals surface area contributed by atoms with Gasteiger partial charge in [0, 0.05) is 10.3 Å². The number of aromatic hydroxyl groups is 1. The van der Waals surface area contributed by atoms with E-state index >= 15 is 0 Å². The highest BCUT2D eigenvalue weighted by atomic mass is 79.9. The smallest absolute Gasteiger partial charge is 0.466 e. The minimum Gasteiger partial charge on any atom is -0.508 e. The fraction of sp³-hybridized carbons (Fsp3) is 0.562. The molecule has 7 heteroatoms. The van der Waals surface area contributed by atoms with E-state index in [9.17, 15) is 9.90 Å². The number of ether oxygens (including phenoxy) is 1. The second-order valence-electron chi connectivity index (χ2n) is 6.71. The highest BCUT2D eigenvalue weighted by molar-refractivity contribution is 9.10. The van der Waals surface area contributed by atoms with Crippen molar-refractivity contribution in [3.8, 4) is 5.75 Å². The normalized spacial score (nSPS) is 20.3. The van der Waals surface area contributed by atoms with Gasteiger partial charge in [0.15, 0.2) is 0 Å². The monoisotopic (exact) mass is 384 g/mol. The van der Waals surface area contributed by atoms with Gasteiger partial charge in [-0.25, -0.2) is 0 Å². The molecule has 0 aliphatic carbocycles. The number of benzene rings is 1. The molecule has 0 spiro atoms. The molecule has 1 heterocycles. The van der Waals surface area contributed by atoms with Crippen LogP contribution in [0.4, 0.5) is 0 Å². The van der Waals surface area contributed by atoms with E-state index in [-0.39, 0.29) is 18.1 Å². The Morgan fingerprint density at radius 3 is 2.39 bits per heavy atom. The van der Waals surface area contributed by atoms with Crippen molar-refractivity contribution >= 4 is 29.0 Å². The van der Waals surface area contributed by atoms with Crippen molar-refractivity contribution in [1.82, 2.24) is 0 Å². The Hall–Kier alpha value is -1.05. The summed E-state index contributed by atoms with van der Waals surface area (Å²) >= 11 is 3.39. The molecule has 5 nitrogen and oxygen atoms in total. The van der Waals surface area contributed by atoms with Crippen LogP contribution in [0.2, 0.25) is 0 Å². The van der Waals surface area contributed by atoms with Crippen LogP contribution in [0.5, 0.6) is 5.75 Å². The number of carbonyl (C=O) groups is 1. The number of methoxy groups -OCH3 is 1. The standard InChI is InChI=1S/C16H22BBrO5/c1-15(2)16(3,4)23-17(22-15)12(9-14(20)21-5)11-8-10(18)6-7-13(11)19/h6-8,12,19H,9H2,1-5H3. The molecule has 2 rings (SSSR count). The van der Waals surface area contributed by atoms with E-state index in [1.807, 2.05) is 27.7 Å². The third-order valence-corrected chi connectivity index (χ3v) is 5.10. The van der Waals surface area contributed by atoms with E-state index in [1.54, 1.807) is 18.2 Å². The summed E-state index contributed by atoms with van der Waals surface area (Å²) < 4.78 is 17.7. The Morgan fingerprint density at radius 2 is 1.87 bits per heavy atom. The Balaban J connectivity index is 2.40. The molecule has 1 atom stereocenters. The third-order valence-electron chi connectivity index (χ3n) is 4.60. The third kappa shape index (κ3) is 3.73. The maximum atomic E-state index is 11.8. The fourth-order valence-electron chi connectivity index (χ4n) is 2.49. The van der Waals surface area contributed by atoms with Crippen LogP contribution in [0.15, 0.2) is 22.7 Å². The summed E-state index contributed by atoms with van der Waals surface area (Å²) in [6, 6.07) is 5.08. The predicted octanol–water partition coefficient (Wildman–Crippen LogP) is 3.43. The van der Waals surface area contributed by atoms with Crippen LogP contribution >= 0.6 is 15.9 Å². The summed E-state index contributed by atoms with van der Waals surface area (Å²) in [5, 5.41) is 10.2. The first kappa shape index (κ1) is 18.3. The first-order valence-corrected chi connectivity index (χ1v) is 8.27. The largest absolute Gasteiger partial charge is 0.508 e. The highest BCUT2D eigenvalue weighted by Gasteiger charge is 2.54. The highest BCUT2D eigenvalue weighted by Crippen LogP contribution is 2.43. The maximum Gasteiger partial charge on any atom is 0.466 e. The van der Waals surface area contributed by atoms with Gasteiger partial charge in [0.2, 0.25) is 0 Å². The van der Waals surface area contributed by atoms with E-state index in [4.69, 9.17) is 14.0 Å². The number of rotatable bonds is 4. The van der Waals surface area contributed by atoms with Gasteiger partial charge in [-0.3, -0.25) is 4.79 Å². The first-order chi connectivity index (χ1) is 10.6. The number of hydrogen-bond donors (Lipinski definition) is 1. The van der Waals surface area contributed by atoms with Gasteiger partial charge in [-0.1, -0.05) is 15.9 Å². The first-order valence-electron chi connectivity index (χ1n) is 7.48. The Labute approximate surface area is 145 Å². The quantitative estimate of drug-likeness (QED) is 0.636. The van der Waals surface area contributed by atoms with E-state index in [1.165, 1.54) is 7.11 Å². The lowest BCUT2D eigenvalue weighted by atomic mass is 9.66. The number of phenolic OH excluding ortho intramolecular Hbond substituents is 1. The topological polar surface area (TPSA) is 65.0 Å². The van der Waals surface area contributed by atoms with Crippen molar-refractivity contribution in [2.45, 2.75) is 51.1 Å². The van der Waals surface area contributed by atoms with Crippen LogP contribution in [0.1, 0.15) is 45.5 Å². The number of carbonyl (C=O) groups excluding carboxylic acids is 1. The van der Waals surface area contributed by atoms with Gasteiger partial charge < -0.3 is 19.2 Å². The molecule has 0 amide bonds. The molecule has 23 heavy (non-hydrogen) atoms. The molecular weight excluding hydrogens is 363 g/mol. The van der Waals surface area contributed by atoms with Gasteiger partial charge in [0.25, 0.3) is 0 Å². The summed E-state index contributed by atoms with van der Waals surface area (Å²) in [4.78, 5) is 11.8. The molecule has 126 valence electrons. The van der Waals surface area contributed by atoms with Gasteiger partial charge in [-0.2, -0.15) is 0 Å². The minimum atomic E-state index is -0.653. The molecular formula is C16H22BBrO5. The van der Waals surface area contributed by atoms with Gasteiger partial charge in [-0.15, -0.1) is 0 Å². The maximum absolute atomic E-state index is 11.8. The van der Waals surface area contributed by atoms with Crippen LogP contribution in [0.25, 0.3) is 0 Å². The van der Waals surface area contributed by atoms with Crippen LogP contribution < -0.4 is 0 Å². The lowest BCUT2D eigenvalue weighted by molar-refractivity contribution is -0.140. The lowest BCUT2D eigenvalue weighted by Gasteiger charge is -2.32. The molecule has 1 saturated heterocycles. The molecule has 1 N–H and O–H groups in total. The zero-order valence-corrected chi connectivity index (χ0v) is 15.6. The minimum absolute atomic E-state index is 0.0529. The summed E-state index contributed by atoms with van der Waals surface area (Å²) in [6.07, 6.45) is 0.0529. The summed E-state index contributed by atoms with van der Waals surface area (Å²) in [7, 11) is 0.684. The van der Waals surface area contributed by atoms with Crippen molar-refractivity contribution in [2.24, 2.45) is 0 Å². The van der Waals surface area contributed by atoms with Gasteiger partial charge in [0.1, 0.15) is 5.75 Å². The van der Waals surface area contributed by atoms with Gasteiger partial charge in [0.05, 0.1) is 24.7 Å². The van der Waals surface area contributed by atoms with Gasteiger partial charge in [-0.05, 0) is 51.5 Å². The van der Waals surface area contributed by atoms with E-state index < -0.39 is 24.1 Å². The van der Waals surface area contributed by atoms with Crippen molar-refractivity contribution in [2.75, 3.05) is 7.11 Å². The number of esters is 1. The molecule has 0 bridgehead atoms. The Bertz CT molecular complexity index is 586. The summed E-state index contributed by atoms with van der Waals surface area (Å²) in [5.74, 6) is -0.762. The van der Waals surface area contributed by atoms with Crippen molar-refractivity contribution in [1.29, 1.82) is 0 Å². The Kier molecular flexibility index (Phi) is 5.13. The number of hydrogen-bond acceptors (Lipinski definition) is 5. The van der Waals surface area contributed by atoms with Crippen molar-refractivity contribution in [3.05, 3.63) is 28.2 Å². The van der Waals surface area contributed by atoms with E-state index in [0.29, 0.717) is 5.56 Å². The molecule has 1 aromatic carbocycles. The summed E-state index contributed by atoms with van der Waals surface area (Å²) in [6.45, 7) is 7.79. The molecule has 1 fully saturated rings. The molecule has 1 aromatic rings. The molecule has 0 aromatic heterocycles. The second-order valence-corrected chi connectivity index (χ2v) is 7.63. The zero-order chi connectivity index (χ0) is 17.4. The number of phenols is 1. The Morgan fingerprint density at radius 1 is 1.30 bits per heavy atom. The molecule has 0 radical (unpaired) electrons. The SMILES string of the molecule is COC(=O)CC(B1OC(C)(C)C(C)(C)O1)c1cc(Br)ccc1O. The average molecular weight is 385 g/mol. The predicted molar refractivity (Wildman–Crippen MR) is 91.3 cm³/mol. The summed E-state index contributed by atoms with van der Waals surface area (Å²) in [5.41, 5.74) is -0.454. The van der Waals surface area contributed by atoms with Crippen molar-refractivity contribution < 1.29 is 23.9 Å². The van der Waals surface area contributed by atoms with Crippen LogP contribution in [0, 0.1) is 0 Å². The van der Waals surface area contributed by atoms with E-state index in [0.717, 1.165) is 4.47 Å². The molecule has 1 aliphatic heterocycles. The molecule has 1 aliphatic rings. The fourth-order valence-corrected chi connectivity index (χ4v) is 2.87. The average Bonchev–Trinajstić information content (AvgIpc) is 2.67. The molecule has 1 unspecified atom stereocenters.